The van der Waals surface area contributed by atoms with Crippen LogP contribution in [0.25, 0.3) is 0 Å². The van der Waals surface area contributed by atoms with Crippen LogP contribution in [0.5, 0.6) is 0 Å². The molecule has 1 unspecified atom stereocenters. The summed E-state index contributed by atoms with van der Waals surface area (Å²) in [6.45, 7) is 2.59. The van der Waals surface area contributed by atoms with E-state index in [1.54, 1.807) is 6.92 Å². The van der Waals surface area contributed by atoms with Crippen LogP contribution in [-0.4, -0.2) is 28.6 Å². The van der Waals surface area contributed by atoms with Crippen molar-refractivity contribution in [1.29, 1.82) is 0 Å². The molecule has 0 aliphatic carbocycles. The van der Waals surface area contributed by atoms with Gasteiger partial charge in [-0.05, 0) is 42.4 Å². The molecule has 104 valence electrons. The van der Waals surface area contributed by atoms with E-state index in [0.29, 0.717) is 6.04 Å². The summed E-state index contributed by atoms with van der Waals surface area (Å²) >= 11 is 2.03. The van der Waals surface area contributed by atoms with Crippen LogP contribution < -0.4 is 5.32 Å². The number of benzene rings is 1. The van der Waals surface area contributed by atoms with Gasteiger partial charge in [-0.2, -0.15) is 11.8 Å². The minimum absolute atomic E-state index is 0.433. The van der Waals surface area contributed by atoms with Crippen molar-refractivity contribution >= 4 is 17.7 Å². The van der Waals surface area contributed by atoms with Gasteiger partial charge in [-0.25, -0.2) is 0 Å². The number of nitrogens with one attached hydrogen (secondary N) is 1. The highest BCUT2D eigenvalue weighted by atomic mass is 32.2. The maximum absolute atomic E-state index is 10.9. The van der Waals surface area contributed by atoms with Crippen LogP contribution in [0.15, 0.2) is 24.3 Å². The fourth-order valence-corrected chi connectivity index (χ4v) is 3.34. The largest absolute Gasteiger partial charge is 0.481 e. The summed E-state index contributed by atoms with van der Waals surface area (Å²) < 4.78 is 0. The highest BCUT2D eigenvalue weighted by Crippen LogP contribution is 2.18. The summed E-state index contributed by atoms with van der Waals surface area (Å²) in [7, 11) is 0. The van der Waals surface area contributed by atoms with E-state index < -0.39 is 11.9 Å². The monoisotopic (exact) mass is 279 g/mol. The molecule has 1 saturated heterocycles. The molecule has 4 heteroatoms. The molecule has 0 aromatic heterocycles. The Bertz CT molecular complexity index is 413. The van der Waals surface area contributed by atoms with Crippen molar-refractivity contribution in [2.45, 2.75) is 38.3 Å². The summed E-state index contributed by atoms with van der Waals surface area (Å²) in [5.74, 6) is 1.31. The fraction of sp³-hybridized carbons (Fsp3) is 0.533. The summed E-state index contributed by atoms with van der Waals surface area (Å²) in [4.78, 5) is 10.9. The van der Waals surface area contributed by atoms with Crippen LogP contribution >= 0.6 is 11.8 Å². The lowest BCUT2D eigenvalue weighted by Crippen LogP contribution is -2.32. The number of hydrogen-bond donors (Lipinski definition) is 2. The molecule has 1 aliphatic rings. The van der Waals surface area contributed by atoms with Crippen molar-refractivity contribution in [3.05, 3.63) is 35.4 Å². The van der Waals surface area contributed by atoms with Gasteiger partial charge < -0.3 is 10.4 Å². The zero-order chi connectivity index (χ0) is 13.7. The summed E-state index contributed by atoms with van der Waals surface area (Å²) in [5, 5.41) is 12.5. The zero-order valence-corrected chi connectivity index (χ0v) is 12.1. The first-order valence-corrected chi connectivity index (χ1v) is 7.95. The Balaban J connectivity index is 1.86. The molecule has 0 bridgehead atoms. The third-order valence-electron chi connectivity index (χ3n) is 3.67. The second-order valence-electron chi connectivity index (χ2n) is 5.07. The Labute approximate surface area is 118 Å². The van der Waals surface area contributed by atoms with Gasteiger partial charge in [0.05, 0.1) is 5.92 Å². The van der Waals surface area contributed by atoms with Gasteiger partial charge in [-0.1, -0.05) is 24.3 Å². The fourth-order valence-electron chi connectivity index (χ4n) is 2.23. The second kappa shape index (κ2) is 6.96. The molecule has 0 radical (unpaired) electrons. The Morgan fingerprint density at radius 3 is 2.58 bits per heavy atom. The molecule has 3 nitrogen and oxygen atoms in total. The number of rotatable bonds is 5. The topological polar surface area (TPSA) is 49.3 Å². The summed E-state index contributed by atoms with van der Waals surface area (Å²) in [6, 6.07) is 8.54. The number of aliphatic carboxylic acids is 1. The molecule has 2 rings (SSSR count). The van der Waals surface area contributed by atoms with Crippen molar-refractivity contribution < 1.29 is 9.90 Å². The molecular weight excluding hydrogens is 258 g/mol. The third kappa shape index (κ3) is 4.25. The van der Waals surface area contributed by atoms with Gasteiger partial charge in [0.2, 0.25) is 0 Å². The zero-order valence-electron chi connectivity index (χ0n) is 11.3. The number of hydrogen-bond acceptors (Lipinski definition) is 3. The molecule has 19 heavy (non-hydrogen) atoms. The lowest BCUT2D eigenvalue weighted by atomic mass is 10.00. The molecule has 1 fully saturated rings. The SMILES string of the molecule is CC(C(=O)O)c1ccc(CNC2CCSCC2)cc1. The number of carbonyl (C=O) groups is 1. The lowest BCUT2D eigenvalue weighted by Gasteiger charge is -2.22. The van der Waals surface area contributed by atoms with Crippen LogP contribution in [-0.2, 0) is 11.3 Å². The van der Waals surface area contributed by atoms with E-state index >= 15 is 0 Å². The van der Waals surface area contributed by atoms with Crippen molar-refractivity contribution in [3.63, 3.8) is 0 Å². The van der Waals surface area contributed by atoms with E-state index in [1.807, 2.05) is 36.0 Å². The van der Waals surface area contributed by atoms with E-state index in [2.05, 4.69) is 5.32 Å². The Kier molecular flexibility index (Phi) is 5.28. The molecule has 0 saturated carbocycles. The second-order valence-corrected chi connectivity index (χ2v) is 6.29. The summed E-state index contributed by atoms with van der Waals surface area (Å²) in [5.41, 5.74) is 2.09. The van der Waals surface area contributed by atoms with Crippen LogP contribution in [0.1, 0.15) is 36.8 Å². The van der Waals surface area contributed by atoms with Gasteiger partial charge >= 0.3 is 5.97 Å². The van der Waals surface area contributed by atoms with E-state index in [-0.39, 0.29) is 0 Å². The van der Waals surface area contributed by atoms with Crippen LogP contribution in [0, 0.1) is 0 Å². The molecular formula is C15H21NO2S. The van der Waals surface area contributed by atoms with Gasteiger partial charge in [0.25, 0.3) is 0 Å². The number of thioether (sulfide) groups is 1. The van der Waals surface area contributed by atoms with E-state index in [1.165, 1.54) is 29.9 Å². The number of carboxylic acids is 1. The maximum atomic E-state index is 10.9. The van der Waals surface area contributed by atoms with Crippen molar-refractivity contribution in [2.24, 2.45) is 0 Å². The van der Waals surface area contributed by atoms with E-state index in [9.17, 15) is 4.79 Å². The molecule has 2 N–H and O–H groups in total. The predicted octanol–water partition coefficient (Wildman–Crippen LogP) is 2.86. The standard InChI is InChI=1S/C15H21NO2S/c1-11(15(17)18)13-4-2-12(3-5-13)10-16-14-6-8-19-9-7-14/h2-5,11,14,16H,6-10H2,1H3,(H,17,18). The van der Waals surface area contributed by atoms with Gasteiger partial charge in [0, 0.05) is 12.6 Å². The average Bonchev–Trinajstić information content (AvgIpc) is 2.46. The van der Waals surface area contributed by atoms with Crippen molar-refractivity contribution in [2.75, 3.05) is 11.5 Å². The highest BCUT2D eigenvalue weighted by Gasteiger charge is 2.14. The normalized spacial score (nSPS) is 18.2. The lowest BCUT2D eigenvalue weighted by molar-refractivity contribution is -0.138. The minimum Gasteiger partial charge on any atom is -0.481 e. The average molecular weight is 279 g/mol. The molecule has 1 aromatic carbocycles. The first-order chi connectivity index (χ1) is 9.16. The quantitative estimate of drug-likeness (QED) is 0.870. The Morgan fingerprint density at radius 1 is 1.37 bits per heavy atom. The highest BCUT2D eigenvalue weighted by molar-refractivity contribution is 7.99. The van der Waals surface area contributed by atoms with Gasteiger partial charge in [-0.3, -0.25) is 4.79 Å². The minimum atomic E-state index is -0.773. The van der Waals surface area contributed by atoms with E-state index in [4.69, 9.17) is 5.11 Å². The van der Waals surface area contributed by atoms with Gasteiger partial charge in [0.1, 0.15) is 0 Å². The van der Waals surface area contributed by atoms with Gasteiger partial charge in [0.15, 0.2) is 0 Å². The first kappa shape index (κ1) is 14.4. The van der Waals surface area contributed by atoms with Crippen LogP contribution in [0.4, 0.5) is 0 Å². The van der Waals surface area contributed by atoms with Crippen LogP contribution in [0.3, 0.4) is 0 Å². The van der Waals surface area contributed by atoms with Gasteiger partial charge in [-0.15, -0.1) is 0 Å². The molecule has 1 heterocycles. The molecule has 0 spiro atoms. The Morgan fingerprint density at radius 2 is 2.00 bits per heavy atom. The molecule has 1 aliphatic heterocycles. The molecule has 0 amide bonds. The molecule has 1 atom stereocenters. The third-order valence-corrected chi connectivity index (χ3v) is 4.72. The summed E-state index contributed by atoms with van der Waals surface area (Å²) in [6.07, 6.45) is 2.50. The maximum Gasteiger partial charge on any atom is 0.310 e. The predicted molar refractivity (Wildman–Crippen MR) is 79.7 cm³/mol. The Hall–Kier alpha value is -1.00. The molecule has 1 aromatic rings. The van der Waals surface area contributed by atoms with E-state index in [0.717, 1.165) is 12.1 Å². The number of carboxylic acid groups (broad SMARTS) is 1. The van der Waals surface area contributed by atoms with Crippen LogP contribution in [0.2, 0.25) is 0 Å². The smallest absolute Gasteiger partial charge is 0.310 e. The van der Waals surface area contributed by atoms with Crippen molar-refractivity contribution in [1.82, 2.24) is 5.32 Å². The van der Waals surface area contributed by atoms with Crippen molar-refractivity contribution in [3.8, 4) is 0 Å². The first-order valence-electron chi connectivity index (χ1n) is 6.79.